The first-order valence-corrected chi connectivity index (χ1v) is 6.43. The van der Waals surface area contributed by atoms with Crippen LogP contribution in [0.25, 0.3) is 0 Å². The Hall–Kier alpha value is -1.26. The molecule has 4 heteroatoms. The molecule has 0 amide bonds. The van der Waals surface area contributed by atoms with Crippen LogP contribution in [0.3, 0.4) is 0 Å². The third kappa shape index (κ3) is 4.94. The molecule has 1 aromatic rings. The molecule has 3 N–H and O–H groups in total. The summed E-state index contributed by atoms with van der Waals surface area (Å²) in [5.74, 6) is 0.696. The lowest BCUT2D eigenvalue weighted by atomic mass is 10.2. The number of aliphatic hydroxyl groups excluding tert-OH is 1. The minimum Gasteiger partial charge on any atom is -0.491 e. The molecule has 0 bridgehead atoms. The molecular formula is C14H24N2O2. The van der Waals surface area contributed by atoms with Crippen LogP contribution in [-0.2, 0) is 0 Å². The van der Waals surface area contributed by atoms with Gasteiger partial charge in [-0.25, -0.2) is 0 Å². The van der Waals surface area contributed by atoms with E-state index in [1.54, 1.807) is 12.1 Å². The third-order valence-electron chi connectivity index (χ3n) is 2.88. The normalized spacial score (nSPS) is 13.0. The van der Waals surface area contributed by atoms with Crippen molar-refractivity contribution in [2.75, 3.05) is 25.4 Å². The number of hydrogen-bond donors (Lipinski definition) is 2. The van der Waals surface area contributed by atoms with Crippen LogP contribution in [0.2, 0.25) is 0 Å². The quantitative estimate of drug-likeness (QED) is 0.726. The van der Waals surface area contributed by atoms with Crippen molar-refractivity contribution in [2.24, 2.45) is 0 Å². The number of nitrogens with two attached hydrogens (primary N) is 1. The number of ether oxygens (including phenoxy) is 1. The predicted molar refractivity (Wildman–Crippen MR) is 74.7 cm³/mol. The molecule has 0 spiro atoms. The summed E-state index contributed by atoms with van der Waals surface area (Å²) in [5, 5.41) is 9.93. The molecule has 1 rings (SSSR count). The maximum Gasteiger partial charge on any atom is 0.121 e. The number of hydrogen-bond acceptors (Lipinski definition) is 4. The molecule has 1 unspecified atom stereocenters. The molecule has 0 aliphatic heterocycles. The Labute approximate surface area is 109 Å². The van der Waals surface area contributed by atoms with Crippen molar-refractivity contribution in [1.82, 2.24) is 4.90 Å². The lowest BCUT2D eigenvalue weighted by Crippen LogP contribution is -2.39. The van der Waals surface area contributed by atoms with E-state index in [0.29, 0.717) is 24.0 Å². The second kappa shape index (κ2) is 7.24. The Balaban J connectivity index is 2.39. The smallest absolute Gasteiger partial charge is 0.121 e. The average molecular weight is 252 g/mol. The Morgan fingerprint density at radius 3 is 2.67 bits per heavy atom. The Kier molecular flexibility index (Phi) is 5.95. The average Bonchev–Trinajstić information content (AvgIpc) is 2.33. The molecule has 0 saturated heterocycles. The standard InChI is InChI=1S/C14H24N2O2/c1-4-16(11(2)3)9-13(17)10-18-14-7-5-6-12(15)8-14/h5-8,11,13,17H,4,9-10,15H2,1-3H3. The molecule has 4 nitrogen and oxygen atoms in total. The zero-order valence-electron chi connectivity index (χ0n) is 11.5. The number of likely N-dealkylation sites (N-methyl/N-ethyl adjacent to an activating group) is 1. The molecule has 1 aromatic carbocycles. The van der Waals surface area contributed by atoms with Gasteiger partial charge in [-0.15, -0.1) is 0 Å². The van der Waals surface area contributed by atoms with Crippen molar-refractivity contribution >= 4 is 5.69 Å². The molecular weight excluding hydrogens is 228 g/mol. The van der Waals surface area contributed by atoms with E-state index in [0.717, 1.165) is 6.54 Å². The van der Waals surface area contributed by atoms with Gasteiger partial charge in [0.1, 0.15) is 18.5 Å². The topological polar surface area (TPSA) is 58.7 Å². The van der Waals surface area contributed by atoms with Crippen LogP contribution in [0.5, 0.6) is 5.75 Å². The molecule has 0 fully saturated rings. The zero-order valence-corrected chi connectivity index (χ0v) is 11.5. The third-order valence-corrected chi connectivity index (χ3v) is 2.88. The van der Waals surface area contributed by atoms with Crippen LogP contribution in [-0.4, -0.2) is 41.8 Å². The molecule has 1 atom stereocenters. The molecule has 0 aliphatic carbocycles. The van der Waals surface area contributed by atoms with E-state index in [1.807, 2.05) is 12.1 Å². The van der Waals surface area contributed by atoms with E-state index in [-0.39, 0.29) is 6.61 Å². The highest BCUT2D eigenvalue weighted by atomic mass is 16.5. The van der Waals surface area contributed by atoms with Gasteiger partial charge < -0.3 is 15.6 Å². The first kappa shape index (κ1) is 14.8. The fraction of sp³-hybridized carbons (Fsp3) is 0.571. The lowest BCUT2D eigenvalue weighted by molar-refractivity contribution is 0.0597. The first-order valence-electron chi connectivity index (χ1n) is 6.43. The van der Waals surface area contributed by atoms with Crippen molar-refractivity contribution in [3.63, 3.8) is 0 Å². The minimum atomic E-state index is -0.492. The van der Waals surface area contributed by atoms with E-state index in [4.69, 9.17) is 10.5 Å². The second-order valence-corrected chi connectivity index (χ2v) is 4.72. The SMILES string of the molecule is CCN(CC(O)COc1cccc(N)c1)C(C)C. The molecule has 102 valence electrons. The van der Waals surface area contributed by atoms with Gasteiger partial charge in [0.05, 0.1) is 0 Å². The number of benzene rings is 1. The lowest BCUT2D eigenvalue weighted by Gasteiger charge is -2.27. The van der Waals surface area contributed by atoms with Gasteiger partial charge in [-0.2, -0.15) is 0 Å². The summed E-state index contributed by atoms with van der Waals surface area (Å²) in [5.41, 5.74) is 6.32. The van der Waals surface area contributed by atoms with Crippen LogP contribution in [0.15, 0.2) is 24.3 Å². The minimum absolute atomic E-state index is 0.284. The van der Waals surface area contributed by atoms with Crippen molar-refractivity contribution in [3.05, 3.63) is 24.3 Å². The van der Waals surface area contributed by atoms with E-state index in [9.17, 15) is 5.11 Å². The Morgan fingerprint density at radius 2 is 2.11 bits per heavy atom. The summed E-state index contributed by atoms with van der Waals surface area (Å²) >= 11 is 0. The van der Waals surface area contributed by atoms with Gasteiger partial charge in [0.2, 0.25) is 0 Å². The van der Waals surface area contributed by atoms with E-state index >= 15 is 0 Å². The highest BCUT2D eigenvalue weighted by molar-refractivity contribution is 5.43. The van der Waals surface area contributed by atoms with Crippen LogP contribution in [0.1, 0.15) is 20.8 Å². The molecule has 0 saturated carbocycles. The van der Waals surface area contributed by atoms with Gasteiger partial charge in [-0.05, 0) is 32.5 Å². The summed E-state index contributed by atoms with van der Waals surface area (Å²) in [6.07, 6.45) is -0.492. The summed E-state index contributed by atoms with van der Waals surface area (Å²) in [7, 11) is 0. The number of rotatable bonds is 7. The molecule has 0 aliphatic rings. The largest absolute Gasteiger partial charge is 0.491 e. The van der Waals surface area contributed by atoms with Crippen molar-refractivity contribution in [2.45, 2.75) is 32.9 Å². The van der Waals surface area contributed by atoms with E-state index in [2.05, 4.69) is 25.7 Å². The number of aliphatic hydroxyl groups is 1. The van der Waals surface area contributed by atoms with Gasteiger partial charge in [-0.3, -0.25) is 4.90 Å². The maximum atomic E-state index is 9.93. The number of anilines is 1. The molecule has 0 heterocycles. The fourth-order valence-corrected chi connectivity index (χ4v) is 1.83. The van der Waals surface area contributed by atoms with Crippen molar-refractivity contribution < 1.29 is 9.84 Å². The summed E-state index contributed by atoms with van der Waals surface area (Å²) in [6.45, 7) is 8.16. The summed E-state index contributed by atoms with van der Waals surface area (Å²) < 4.78 is 5.52. The van der Waals surface area contributed by atoms with Crippen LogP contribution >= 0.6 is 0 Å². The predicted octanol–water partition coefficient (Wildman–Crippen LogP) is 1.74. The van der Waals surface area contributed by atoms with Gasteiger partial charge in [-0.1, -0.05) is 13.0 Å². The van der Waals surface area contributed by atoms with Crippen LogP contribution in [0, 0.1) is 0 Å². The second-order valence-electron chi connectivity index (χ2n) is 4.72. The van der Waals surface area contributed by atoms with E-state index < -0.39 is 6.10 Å². The van der Waals surface area contributed by atoms with Gasteiger partial charge in [0, 0.05) is 24.3 Å². The monoisotopic (exact) mass is 252 g/mol. The zero-order chi connectivity index (χ0) is 13.5. The summed E-state index contributed by atoms with van der Waals surface area (Å²) in [4.78, 5) is 2.20. The van der Waals surface area contributed by atoms with Gasteiger partial charge in [0.25, 0.3) is 0 Å². The van der Waals surface area contributed by atoms with Gasteiger partial charge in [0.15, 0.2) is 0 Å². The van der Waals surface area contributed by atoms with Crippen molar-refractivity contribution in [3.8, 4) is 5.75 Å². The van der Waals surface area contributed by atoms with Gasteiger partial charge >= 0.3 is 0 Å². The fourth-order valence-electron chi connectivity index (χ4n) is 1.83. The summed E-state index contributed by atoms with van der Waals surface area (Å²) in [6, 6.07) is 7.66. The highest BCUT2D eigenvalue weighted by Gasteiger charge is 2.13. The van der Waals surface area contributed by atoms with E-state index in [1.165, 1.54) is 0 Å². The highest BCUT2D eigenvalue weighted by Crippen LogP contribution is 2.14. The molecule has 18 heavy (non-hydrogen) atoms. The van der Waals surface area contributed by atoms with Crippen LogP contribution < -0.4 is 10.5 Å². The Morgan fingerprint density at radius 1 is 1.39 bits per heavy atom. The van der Waals surface area contributed by atoms with Crippen LogP contribution in [0.4, 0.5) is 5.69 Å². The maximum absolute atomic E-state index is 9.93. The molecule has 0 radical (unpaired) electrons. The Bertz CT molecular complexity index is 355. The number of nitrogens with zero attached hydrogens (tertiary/aromatic N) is 1. The number of nitrogen functional groups attached to an aromatic ring is 1. The molecule has 0 aromatic heterocycles. The first-order chi connectivity index (χ1) is 8.52. The van der Waals surface area contributed by atoms with Crippen molar-refractivity contribution in [1.29, 1.82) is 0 Å².